The second-order valence-electron chi connectivity index (χ2n) is 3.13. The van der Waals surface area contributed by atoms with E-state index >= 15 is 0 Å². The maximum Gasteiger partial charge on any atom is 0.0209 e. The summed E-state index contributed by atoms with van der Waals surface area (Å²) in [6.07, 6.45) is 5.63. The largest absolute Gasteiger partial charge is 0.283 e. The third-order valence-corrected chi connectivity index (χ3v) is 2.83. The van der Waals surface area contributed by atoms with Crippen LogP contribution in [0, 0.1) is 0 Å². The van der Waals surface area contributed by atoms with E-state index in [0.717, 1.165) is 14.9 Å². The minimum absolute atomic E-state index is 0. The van der Waals surface area contributed by atoms with Gasteiger partial charge in [-0.3, -0.25) is 9.76 Å². The van der Waals surface area contributed by atoms with Gasteiger partial charge >= 0.3 is 0 Å². The Labute approximate surface area is 81.8 Å². The van der Waals surface area contributed by atoms with Gasteiger partial charge in [0, 0.05) is 14.9 Å². The molecular formula is C7H18BrN2P. The van der Waals surface area contributed by atoms with E-state index in [0.29, 0.717) is 0 Å². The quantitative estimate of drug-likeness (QED) is 0.762. The van der Waals surface area contributed by atoms with Crippen LogP contribution in [0.4, 0.5) is 0 Å². The molecule has 68 valence electrons. The van der Waals surface area contributed by atoms with Crippen LogP contribution < -0.4 is 5.09 Å². The molecule has 11 heavy (non-hydrogen) atoms. The van der Waals surface area contributed by atoms with Gasteiger partial charge in [0.15, 0.2) is 0 Å². The molecule has 0 heterocycles. The Kier molecular flexibility index (Phi) is 6.84. The first-order chi connectivity index (χ1) is 4.79. The summed E-state index contributed by atoms with van der Waals surface area (Å²) < 4.78 is 2.21. The van der Waals surface area contributed by atoms with Crippen molar-refractivity contribution in [3.8, 4) is 0 Å². The number of halogens is 1. The molecular weight excluding hydrogens is 223 g/mol. The SMILES string of the molecule is Br.CN(C)PNC1CCCC1. The van der Waals surface area contributed by atoms with E-state index < -0.39 is 0 Å². The predicted octanol–water partition coefficient (Wildman–Crippen LogP) is 2.17. The second-order valence-corrected chi connectivity index (χ2v) is 4.54. The van der Waals surface area contributed by atoms with Crippen molar-refractivity contribution in [1.29, 1.82) is 0 Å². The third kappa shape index (κ3) is 5.13. The summed E-state index contributed by atoms with van der Waals surface area (Å²) in [6, 6.07) is 0.820. The number of nitrogens with one attached hydrogen (secondary N) is 1. The average molecular weight is 241 g/mol. The van der Waals surface area contributed by atoms with Crippen LogP contribution in [0.3, 0.4) is 0 Å². The normalized spacial score (nSPS) is 19.9. The lowest BCUT2D eigenvalue weighted by Gasteiger charge is -2.15. The highest BCUT2D eigenvalue weighted by atomic mass is 79.9. The molecule has 0 aromatic carbocycles. The smallest absolute Gasteiger partial charge is 0.0209 e. The highest BCUT2D eigenvalue weighted by Crippen LogP contribution is 2.21. The van der Waals surface area contributed by atoms with E-state index in [2.05, 4.69) is 23.9 Å². The fourth-order valence-electron chi connectivity index (χ4n) is 1.29. The fraction of sp³-hybridized carbons (Fsp3) is 1.00. The van der Waals surface area contributed by atoms with Gasteiger partial charge in [0.1, 0.15) is 0 Å². The fourth-order valence-corrected chi connectivity index (χ4v) is 2.02. The lowest BCUT2D eigenvalue weighted by Crippen LogP contribution is -2.20. The average Bonchev–Trinajstić information content (AvgIpc) is 2.34. The minimum Gasteiger partial charge on any atom is -0.283 e. The summed E-state index contributed by atoms with van der Waals surface area (Å²) in [6.45, 7) is 0. The maximum absolute atomic E-state index is 3.53. The van der Waals surface area contributed by atoms with Crippen LogP contribution in [-0.4, -0.2) is 24.8 Å². The Hall–Kier alpha value is 0.830. The zero-order valence-corrected chi connectivity index (χ0v) is 9.97. The molecule has 1 fully saturated rings. The molecule has 1 atom stereocenters. The lowest BCUT2D eigenvalue weighted by atomic mass is 10.3. The van der Waals surface area contributed by atoms with Crippen molar-refractivity contribution in [1.82, 2.24) is 9.76 Å². The van der Waals surface area contributed by atoms with Crippen molar-refractivity contribution >= 4 is 25.9 Å². The molecule has 1 rings (SSSR count). The van der Waals surface area contributed by atoms with Crippen LogP contribution >= 0.6 is 25.9 Å². The Morgan fingerprint density at radius 2 is 1.82 bits per heavy atom. The van der Waals surface area contributed by atoms with Crippen molar-refractivity contribution in [2.45, 2.75) is 31.7 Å². The zero-order valence-electron chi connectivity index (χ0n) is 7.26. The summed E-state index contributed by atoms with van der Waals surface area (Å²) in [5.41, 5.74) is 0. The van der Waals surface area contributed by atoms with E-state index in [1.54, 1.807) is 0 Å². The molecule has 1 aliphatic carbocycles. The monoisotopic (exact) mass is 240 g/mol. The van der Waals surface area contributed by atoms with Gasteiger partial charge in [-0.15, -0.1) is 17.0 Å². The van der Waals surface area contributed by atoms with Crippen LogP contribution in [0.25, 0.3) is 0 Å². The van der Waals surface area contributed by atoms with Crippen LogP contribution in [0.5, 0.6) is 0 Å². The van der Waals surface area contributed by atoms with Crippen molar-refractivity contribution in [3.05, 3.63) is 0 Å². The first kappa shape index (κ1) is 11.8. The minimum atomic E-state index is 0. The molecule has 0 aromatic rings. The summed E-state index contributed by atoms with van der Waals surface area (Å²) in [4.78, 5) is 0. The number of rotatable bonds is 3. The van der Waals surface area contributed by atoms with Crippen molar-refractivity contribution < 1.29 is 0 Å². The summed E-state index contributed by atoms with van der Waals surface area (Å²) in [7, 11) is 5.03. The predicted molar refractivity (Wildman–Crippen MR) is 57.7 cm³/mol. The van der Waals surface area contributed by atoms with Gasteiger partial charge in [0.05, 0.1) is 0 Å². The van der Waals surface area contributed by atoms with Gasteiger partial charge < -0.3 is 0 Å². The molecule has 2 nitrogen and oxygen atoms in total. The molecule has 4 heteroatoms. The van der Waals surface area contributed by atoms with Crippen LogP contribution in [0.15, 0.2) is 0 Å². The Morgan fingerprint density at radius 1 is 1.27 bits per heavy atom. The van der Waals surface area contributed by atoms with E-state index in [1.165, 1.54) is 25.7 Å². The van der Waals surface area contributed by atoms with Crippen molar-refractivity contribution in [3.63, 3.8) is 0 Å². The first-order valence-electron chi connectivity index (χ1n) is 3.97. The molecule has 1 saturated carbocycles. The molecule has 0 spiro atoms. The van der Waals surface area contributed by atoms with Crippen molar-refractivity contribution in [2.24, 2.45) is 0 Å². The van der Waals surface area contributed by atoms with Crippen LogP contribution in [0.1, 0.15) is 25.7 Å². The second kappa shape index (κ2) is 6.36. The Balaban J connectivity index is 0.000001000. The maximum atomic E-state index is 3.53. The van der Waals surface area contributed by atoms with E-state index in [-0.39, 0.29) is 17.0 Å². The standard InChI is InChI=1S/C7H17N2P.BrH/c1-9(2)10-8-7-5-3-4-6-7;/h7-8,10H,3-6H2,1-2H3;1H. The van der Waals surface area contributed by atoms with E-state index in [4.69, 9.17) is 0 Å². The highest BCUT2D eigenvalue weighted by molar-refractivity contribution is 8.93. The van der Waals surface area contributed by atoms with Crippen LogP contribution in [0.2, 0.25) is 0 Å². The van der Waals surface area contributed by atoms with Gasteiger partial charge in [0.25, 0.3) is 0 Å². The molecule has 0 aliphatic heterocycles. The number of nitrogens with zero attached hydrogens (tertiary/aromatic N) is 1. The van der Waals surface area contributed by atoms with Gasteiger partial charge in [-0.1, -0.05) is 12.8 Å². The third-order valence-electron chi connectivity index (χ3n) is 1.85. The zero-order chi connectivity index (χ0) is 7.40. The molecule has 1 unspecified atom stereocenters. The summed E-state index contributed by atoms with van der Waals surface area (Å²) >= 11 is 0. The topological polar surface area (TPSA) is 15.3 Å². The number of hydrogen-bond acceptors (Lipinski definition) is 2. The molecule has 0 radical (unpaired) electrons. The van der Waals surface area contributed by atoms with Gasteiger partial charge in [-0.05, 0) is 26.9 Å². The summed E-state index contributed by atoms with van der Waals surface area (Å²) in [5.74, 6) is 0. The van der Waals surface area contributed by atoms with E-state index in [1.807, 2.05) is 0 Å². The lowest BCUT2D eigenvalue weighted by molar-refractivity contribution is 0.613. The molecule has 0 bridgehead atoms. The van der Waals surface area contributed by atoms with Crippen molar-refractivity contribution in [2.75, 3.05) is 14.1 Å². The van der Waals surface area contributed by atoms with Gasteiger partial charge in [0.2, 0.25) is 0 Å². The molecule has 0 aromatic heterocycles. The molecule has 0 amide bonds. The molecule has 0 saturated heterocycles. The summed E-state index contributed by atoms with van der Waals surface area (Å²) in [5, 5.41) is 3.53. The molecule has 1 aliphatic rings. The van der Waals surface area contributed by atoms with Gasteiger partial charge in [-0.2, -0.15) is 0 Å². The highest BCUT2D eigenvalue weighted by Gasteiger charge is 2.13. The Morgan fingerprint density at radius 3 is 2.27 bits per heavy atom. The first-order valence-corrected chi connectivity index (χ1v) is 4.92. The van der Waals surface area contributed by atoms with Crippen LogP contribution in [-0.2, 0) is 0 Å². The van der Waals surface area contributed by atoms with E-state index in [9.17, 15) is 0 Å². The Bertz CT molecular complexity index is 94.4. The van der Waals surface area contributed by atoms with Gasteiger partial charge in [-0.25, -0.2) is 0 Å². The number of hydrogen-bond donors (Lipinski definition) is 1. The molecule has 1 N–H and O–H groups in total.